The summed E-state index contributed by atoms with van der Waals surface area (Å²) in [6.07, 6.45) is 0. The molecule has 11 rings (SSSR count). The molecule has 0 atom stereocenters. The number of para-hydroxylation sites is 1. The Balaban J connectivity index is 1.01. The highest BCUT2D eigenvalue weighted by Crippen LogP contribution is 2.42. The van der Waals surface area contributed by atoms with Gasteiger partial charge in [-0.2, -0.15) is 0 Å². The molecule has 0 saturated heterocycles. The second-order valence-electron chi connectivity index (χ2n) is 14.0. The molecule has 0 N–H and O–H groups in total. The van der Waals surface area contributed by atoms with Crippen molar-refractivity contribution in [3.8, 4) is 32.8 Å². The van der Waals surface area contributed by atoms with Crippen LogP contribution in [0.5, 0.6) is 0 Å². The lowest BCUT2D eigenvalue weighted by Crippen LogP contribution is -2.09. The normalized spacial score (nSPS) is 11.6. The van der Waals surface area contributed by atoms with E-state index in [-0.39, 0.29) is 0 Å². The summed E-state index contributed by atoms with van der Waals surface area (Å²) >= 11 is 1.78. The first-order valence-corrected chi connectivity index (χ1v) is 19.3. The Bertz CT molecular complexity index is 3180. The fraction of sp³-hybridized carbons (Fsp3) is 0. The van der Waals surface area contributed by atoms with Gasteiger partial charge in [-0.1, -0.05) is 133 Å². The van der Waals surface area contributed by atoms with Crippen LogP contribution in [-0.2, 0) is 0 Å². The quantitative estimate of drug-likeness (QED) is 0.160. The Morgan fingerprint density at radius 3 is 1.73 bits per heavy atom. The first kappa shape index (κ1) is 31.5. The molecule has 2 heterocycles. The van der Waals surface area contributed by atoms with Gasteiger partial charge < -0.3 is 9.32 Å². The third-order valence-corrected chi connectivity index (χ3v) is 11.8. The van der Waals surface area contributed by atoms with E-state index in [4.69, 9.17) is 9.40 Å². The van der Waals surface area contributed by atoms with Gasteiger partial charge in [0.05, 0.1) is 10.2 Å². The Morgan fingerprint density at radius 2 is 0.964 bits per heavy atom. The van der Waals surface area contributed by atoms with Crippen LogP contribution in [-0.4, -0.2) is 4.98 Å². The molecular weight excluding hydrogens is 689 g/mol. The first-order chi connectivity index (χ1) is 27.2. The maximum atomic E-state index is 6.36. The Labute approximate surface area is 322 Å². The number of benzene rings is 9. The van der Waals surface area contributed by atoms with Crippen LogP contribution in [0.2, 0.25) is 0 Å². The monoisotopic (exact) mass is 720 g/mol. The van der Waals surface area contributed by atoms with Gasteiger partial charge in [0.15, 0.2) is 0 Å². The predicted octanol–water partition coefficient (Wildman–Crippen LogP) is 15.0. The van der Waals surface area contributed by atoms with Crippen molar-refractivity contribution in [1.29, 1.82) is 0 Å². The molecular formula is C51H32N2OS. The molecule has 11 aromatic rings. The SMILES string of the molecule is c1ccc(-c2ccc(N(c3ccc(-c4ccc5ccc6ccc7nc(-c8ccccc8)sc7c6c5c4)cc3)c3ccc4c(c3)oc3ccccc34)cc2)cc1. The number of hydrogen-bond acceptors (Lipinski definition) is 4. The van der Waals surface area contributed by atoms with E-state index < -0.39 is 0 Å². The Hall–Kier alpha value is -7.01. The molecule has 0 fully saturated rings. The first-order valence-electron chi connectivity index (χ1n) is 18.5. The van der Waals surface area contributed by atoms with Gasteiger partial charge in [-0.3, -0.25) is 0 Å². The fourth-order valence-electron chi connectivity index (χ4n) is 7.94. The van der Waals surface area contributed by atoms with Crippen LogP contribution in [0.25, 0.3) is 86.5 Å². The molecule has 0 aliphatic heterocycles. The molecule has 0 spiro atoms. The Morgan fingerprint density at radius 1 is 0.400 bits per heavy atom. The fourth-order valence-corrected chi connectivity index (χ4v) is 9.08. The van der Waals surface area contributed by atoms with E-state index in [9.17, 15) is 0 Å². The van der Waals surface area contributed by atoms with Crippen molar-refractivity contribution < 1.29 is 4.42 Å². The number of thiazole rings is 1. The number of rotatable bonds is 6. The largest absolute Gasteiger partial charge is 0.456 e. The summed E-state index contributed by atoms with van der Waals surface area (Å²) in [6, 6.07) is 69.2. The highest BCUT2D eigenvalue weighted by atomic mass is 32.1. The van der Waals surface area contributed by atoms with Gasteiger partial charge in [0.25, 0.3) is 0 Å². The minimum absolute atomic E-state index is 0.871. The second-order valence-corrected chi connectivity index (χ2v) is 15.0. The topological polar surface area (TPSA) is 29.3 Å². The Kier molecular flexibility index (Phi) is 7.35. The van der Waals surface area contributed by atoms with Gasteiger partial charge >= 0.3 is 0 Å². The summed E-state index contributed by atoms with van der Waals surface area (Å²) < 4.78 is 7.58. The van der Waals surface area contributed by atoms with E-state index in [0.29, 0.717) is 0 Å². The summed E-state index contributed by atoms with van der Waals surface area (Å²) in [7, 11) is 0. The van der Waals surface area contributed by atoms with Crippen molar-refractivity contribution in [1.82, 2.24) is 4.98 Å². The van der Waals surface area contributed by atoms with Gasteiger partial charge in [-0.25, -0.2) is 4.98 Å². The van der Waals surface area contributed by atoms with Crippen LogP contribution in [0.1, 0.15) is 0 Å². The van der Waals surface area contributed by atoms with E-state index in [2.05, 4.69) is 187 Å². The minimum atomic E-state index is 0.871. The number of furan rings is 1. The molecule has 55 heavy (non-hydrogen) atoms. The standard InChI is InChI=1S/C51H32N2OS/c1-3-9-33(10-4-1)34-19-24-40(25-20-34)53(42-28-29-44-43-13-7-8-14-47(43)54-48(44)32-42)41-26-21-35(22-27-41)39-18-16-36-15-17-37-23-30-46-50(49(37)45(36)31-39)55-51(52-46)38-11-5-2-6-12-38/h1-32H. The van der Waals surface area contributed by atoms with Gasteiger partial charge in [-0.05, 0) is 93.0 Å². The van der Waals surface area contributed by atoms with Crippen molar-refractivity contribution in [3.05, 3.63) is 194 Å². The summed E-state index contributed by atoms with van der Waals surface area (Å²) in [4.78, 5) is 7.36. The molecule has 3 nitrogen and oxygen atoms in total. The molecule has 0 amide bonds. The molecule has 0 aliphatic carbocycles. The average molecular weight is 721 g/mol. The van der Waals surface area contributed by atoms with Gasteiger partial charge in [0.1, 0.15) is 16.2 Å². The van der Waals surface area contributed by atoms with Crippen LogP contribution in [0, 0.1) is 0 Å². The highest BCUT2D eigenvalue weighted by molar-refractivity contribution is 7.22. The van der Waals surface area contributed by atoms with Crippen LogP contribution < -0.4 is 4.90 Å². The van der Waals surface area contributed by atoms with E-state index in [0.717, 1.165) is 60.7 Å². The summed E-state index contributed by atoms with van der Waals surface area (Å²) in [5, 5.41) is 8.25. The van der Waals surface area contributed by atoms with Crippen molar-refractivity contribution in [2.45, 2.75) is 0 Å². The zero-order chi connectivity index (χ0) is 36.3. The second kappa shape index (κ2) is 12.8. The van der Waals surface area contributed by atoms with E-state index in [1.54, 1.807) is 11.3 Å². The van der Waals surface area contributed by atoms with Gasteiger partial charge in [0, 0.05) is 44.9 Å². The molecule has 4 heteroatoms. The van der Waals surface area contributed by atoms with E-state index in [1.165, 1.54) is 42.9 Å². The van der Waals surface area contributed by atoms with Crippen molar-refractivity contribution >= 4 is 82.1 Å². The highest BCUT2D eigenvalue weighted by Gasteiger charge is 2.17. The number of hydrogen-bond donors (Lipinski definition) is 0. The number of aromatic nitrogens is 1. The van der Waals surface area contributed by atoms with Crippen molar-refractivity contribution in [2.24, 2.45) is 0 Å². The van der Waals surface area contributed by atoms with Crippen LogP contribution in [0.3, 0.4) is 0 Å². The number of anilines is 3. The van der Waals surface area contributed by atoms with Crippen LogP contribution in [0.15, 0.2) is 199 Å². The van der Waals surface area contributed by atoms with Crippen molar-refractivity contribution in [3.63, 3.8) is 0 Å². The van der Waals surface area contributed by atoms with Gasteiger partial charge in [-0.15, -0.1) is 11.3 Å². The van der Waals surface area contributed by atoms with Crippen LogP contribution >= 0.6 is 11.3 Å². The van der Waals surface area contributed by atoms with E-state index >= 15 is 0 Å². The summed E-state index contributed by atoms with van der Waals surface area (Å²) in [5.74, 6) is 0. The maximum Gasteiger partial charge on any atom is 0.137 e. The molecule has 0 radical (unpaired) electrons. The number of nitrogens with zero attached hydrogens (tertiary/aromatic N) is 2. The zero-order valence-corrected chi connectivity index (χ0v) is 30.5. The van der Waals surface area contributed by atoms with Gasteiger partial charge in [0.2, 0.25) is 0 Å². The lowest BCUT2D eigenvalue weighted by atomic mass is 9.96. The molecule has 9 aromatic carbocycles. The molecule has 0 bridgehead atoms. The average Bonchev–Trinajstić information content (AvgIpc) is 3.86. The third kappa shape index (κ3) is 5.46. The van der Waals surface area contributed by atoms with Crippen LogP contribution in [0.4, 0.5) is 17.1 Å². The number of fused-ring (bicyclic) bond motifs is 8. The minimum Gasteiger partial charge on any atom is -0.456 e. The molecule has 0 aliphatic rings. The molecule has 0 saturated carbocycles. The zero-order valence-electron chi connectivity index (χ0n) is 29.7. The molecule has 2 aromatic heterocycles. The lowest BCUT2D eigenvalue weighted by Gasteiger charge is -2.26. The third-order valence-electron chi connectivity index (χ3n) is 10.7. The lowest BCUT2D eigenvalue weighted by molar-refractivity contribution is 0.669. The molecule has 258 valence electrons. The summed E-state index contributed by atoms with van der Waals surface area (Å²) in [5.41, 5.74) is 11.9. The van der Waals surface area contributed by atoms with E-state index in [1.807, 2.05) is 12.1 Å². The predicted molar refractivity (Wildman–Crippen MR) is 233 cm³/mol. The smallest absolute Gasteiger partial charge is 0.137 e. The van der Waals surface area contributed by atoms with Crippen molar-refractivity contribution in [2.75, 3.05) is 4.90 Å². The maximum absolute atomic E-state index is 6.36. The summed E-state index contributed by atoms with van der Waals surface area (Å²) in [6.45, 7) is 0. The molecule has 0 unspecified atom stereocenters.